The lowest BCUT2D eigenvalue weighted by atomic mass is 9.96. The lowest BCUT2D eigenvalue weighted by Gasteiger charge is -2.35. The Kier molecular flexibility index (Phi) is 3.97. The standard InChI is InChI=1S/C11H23N3O/c12-14-7-1-10(2-8-14)9-13-5-3-11(15)4-6-13/h10-11,15H,1-9,12H2. The van der Waals surface area contributed by atoms with Crippen LogP contribution in [-0.4, -0.2) is 53.8 Å². The van der Waals surface area contributed by atoms with Crippen LogP contribution < -0.4 is 5.84 Å². The predicted molar refractivity (Wildman–Crippen MR) is 60.2 cm³/mol. The van der Waals surface area contributed by atoms with Crippen molar-refractivity contribution in [3.63, 3.8) is 0 Å². The zero-order valence-corrected chi connectivity index (χ0v) is 9.44. The fourth-order valence-corrected chi connectivity index (χ4v) is 2.60. The van der Waals surface area contributed by atoms with E-state index in [0.717, 1.165) is 44.9 Å². The highest BCUT2D eigenvalue weighted by Crippen LogP contribution is 2.19. The van der Waals surface area contributed by atoms with Crippen molar-refractivity contribution in [1.82, 2.24) is 9.91 Å². The molecule has 0 aromatic rings. The van der Waals surface area contributed by atoms with Crippen LogP contribution in [0.2, 0.25) is 0 Å². The number of nitrogens with zero attached hydrogens (tertiary/aromatic N) is 2. The van der Waals surface area contributed by atoms with Crippen molar-refractivity contribution in [2.45, 2.75) is 31.8 Å². The molecule has 0 aliphatic carbocycles. The van der Waals surface area contributed by atoms with Crippen LogP contribution >= 0.6 is 0 Å². The topological polar surface area (TPSA) is 52.7 Å². The van der Waals surface area contributed by atoms with Crippen LogP contribution in [0.25, 0.3) is 0 Å². The Balaban J connectivity index is 1.68. The monoisotopic (exact) mass is 213 g/mol. The first kappa shape index (κ1) is 11.3. The minimum absolute atomic E-state index is 0.0489. The zero-order valence-electron chi connectivity index (χ0n) is 9.44. The second-order valence-corrected chi connectivity index (χ2v) is 5.01. The molecule has 0 aromatic carbocycles. The SMILES string of the molecule is NN1CCC(CN2CCC(O)CC2)CC1. The fraction of sp³-hybridized carbons (Fsp3) is 1.00. The van der Waals surface area contributed by atoms with Gasteiger partial charge in [-0.1, -0.05) is 0 Å². The van der Waals surface area contributed by atoms with Gasteiger partial charge in [-0.2, -0.15) is 0 Å². The Morgan fingerprint density at radius 1 is 1.00 bits per heavy atom. The summed E-state index contributed by atoms with van der Waals surface area (Å²) >= 11 is 0. The molecule has 15 heavy (non-hydrogen) atoms. The number of aliphatic hydroxyl groups excluding tert-OH is 1. The summed E-state index contributed by atoms with van der Waals surface area (Å²) in [4.78, 5) is 2.50. The molecule has 2 heterocycles. The van der Waals surface area contributed by atoms with Crippen molar-refractivity contribution in [3.05, 3.63) is 0 Å². The minimum Gasteiger partial charge on any atom is -0.393 e. The van der Waals surface area contributed by atoms with Gasteiger partial charge in [-0.25, -0.2) is 5.01 Å². The molecule has 2 saturated heterocycles. The number of aliphatic hydroxyl groups is 1. The molecule has 2 aliphatic heterocycles. The van der Waals surface area contributed by atoms with Crippen LogP contribution in [-0.2, 0) is 0 Å². The molecule has 0 bridgehead atoms. The van der Waals surface area contributed by atoms with E-state index in [9.17, 15) is 5.11 Å². The molecule has 0 spiro atoms. The largest absolute Gasteiger partial charge is 0.393 e. The van der Waals surface area contributed by atoms with Gasteiger partial charge in [-0.05, 0) is 31.6 Å². The highest BCUT2D eigenvalue weighted by atomic mass is 16.3. The van der Waals surface area contributed by atoms with Crippen molar-refractivity contribution in [2.24, 2.45) is 11.8 Å². The van der Waals surface area contributed by atoms with Gasteiger partial charge in [0, 0.05) is 32.7 Å². The molecular formula is C11H23N3O. The zero-order chi connectivity index (χ0) is 10.7. The molecule has 2 fully saturated rings. The lowest BCUT2D eigenvalue weighted by Crippen LogP contribution is -2.44. The molecule has 0 unspecified atom stereocenters. The quantitative estimate of drug-likeness (QED) is 0.635. The third-order valence-electron chi connectivity index (χ3n) is 3.72. The Labute approximate surface area is 92.0 Å². The van der Waals surface area contributed by atoms with Gasteiger partial charge in [-0.3, -0.25) is 5.84 Å². The first-order valence-electron chi connectivity index (χ1n) is 6.14. The van der Waals surface area contributed by atoms with Crippen LogP contribution in [0.1, 0.15) is 25.7 Å². The normalized spacial score (nSPS) is 28.4. The molecule has 0 atom stereocenters. The number of hydrogen-bond donors (Lipinski definition) is 2. The first-order chi connectivity index (χ1) is 7.24. The van der Waals surface area contributed by atoms with Gasteiger partial charge in [0.2, 0.25) is 0 Å². The summed E-state index contributed by atoms with van der Waals surface area (Å²) in [6.45, 7) is 5.44. The molecule has 0 saturated carbocycles. The second-order valence-electron chi connectivity index (χ2n) is 5.01. The van der Waals surface area contributed by atoms with E-state index < -0.39 is 0 Å². The number of piperidine rings is 2. The van der Waals surface area contributed by atoms with Gasteiger partial charge < -0.3 is 10.0 Å². The number of rotatable bonds is 2. The molecule has 4 nitrogen and oxygen atoms in total. The summed E-state index contributed by atoms with van der Waals surface area (Å²) in [7, 11) is 0. The van der Waals surface area contributed by atoms with Gasteiger partial charge in [0.25, 0.3) is 0 Å². The van der Waals surface area contributed by atoms with Gasteiger partial charge >= 0.3 is 0 Å². The predicted octanol–water partition coefficient (Wildman–Crippen LogP) is 0.0288. The van der Waals surface area contributed by atoms with Crippen LogP contribution in [0.15, 0.2) is 0 Å². The molecule has 0 aromatic heterocycles. The number of hydrazine groups is 1. The average molecular weight is 213 g/mol. The van der Waals surface area contributed by atoms with Crippen molar-refractivity contribution in [2.75, 3.05) is 32.7 Å². The van der Waals surface area contributed by atoms with E-state index in [1.165, 1.54) is 19.4 Å². The maximum Gasteiger partial charge on any atom is 0.0564 e. The van der Waals surface area contributed by atoms with Crippen LogP contribution in [0.5, 0.6) is 0 Å². The summed E-state index contributed by atoms with van der Waals surface area (Å²) in [6, 6.07) is 0. The molecule has 3 N–H and O–H groups in total. The van der Waals surface area contributed by atoms with E-state index in [1.54, 1.807) is 0 Å². The van der Waals surface area contributed by atoms with E-state index in [1.807, 2.05) is 5.01 Å². The van der Waals surface area contributed by atoms with Crippen molar-refractivity contribution < 1.29 is 5.11 Å². The van der Waals surface area contributed by atoms with Crippen LogP contribution in [0, 0.1) is 5.92 Å². The number of nitrogens with two attached hydrogens (primary N) is 1. The molecule has 88 valence electrons. The molecular weight excluding hydrogens is 190 g/mol. The third-order valence-corrected chi connectivity index (χ3v) is 3.72. The molecule has 2 rings (SSSR count). The maximum atomic E-state index is 9.42. The highest BCUT2D eigenvalue weighted by molar-refractivity contribution is 4.76. The van der Waals surface area contributed by atoms with Gasteiger partial charge in [-0.15, -0.1) is 0 Å². The summed E-state index contributed by atoms with van der Waals surface area (Å²) < 4.78 is 0. The second kappa shape index (κ2) is 5.25. The molecule has 0 radical (unpaired) electrons. The van der Waals surface area contributed by atoms with Crippen molar-refractivity contribution >= 4 is 0 Å². The fourth-order valence-electron chi connectivity index (χ4n) is 2.60. The van der Waals surface area contributed by atoms with Crippen LogP contribution in [0.4, 0.5) is 0 Å². The lowest BCUT2D eigenvalue weighted by molar-refractivity contribution is 0.0651. The third kappa shape index (κ3) is 3.41. The van der Waals surface area contributed by atoms with E-state index in [4.69, 9.17) is 5.84 Å². The summed E-state index contributed by atoms with van der Waals surface area (Å²) in [5, 5.41) is 11.3. The Morgan fingerprint density at radius 2 is 1.60 bits per heavy atom. The molecule has 0 amide bonds. The molecule has 4 heteroatoms. The van der Waals surface area contributed by atoms with Crippen molar-refractivity contribution in [3.8, 4) is 0 Å². The number of likely N-dealkylation sites (tertiary alicyclic amines) is 1. The average Bonchev–Trinajstić information content (AvgIpc) is 2.25. The van der Waals surface area contributed by atoms with E-state index >= 15 is 0 Å². The smallest absolute Gasteiger partial charge is 0.0564 e. The van der Waals surface area contributed by atoms with E-state index in [-0.39, 0.29) is 6.10 Å². The van der Waals surface area contributed by atoms with E-state index in [2.05, 4.69) is 4.90 Å². The van der Waals surface area contributed by atoms with E-state index in [0.29, 0.717) is 0 Å². The minimum atomic E-state index is -0.0489. The van der Waals surface area contributed by atoms with Crippen molar-refractivity contribution in [1.29, 1.82) is 0 Å². The Hall–Kier alpha value is -0.160. The summed E-state index contributed by atoms with van der Waals surface area (Å²) in [5.74, 6) is 6.55. The van der Waals surface area contributed by atoms with Gasteiger partial charge in [0.15, 0.2) is 0 Å². The summed E-state index contributed by atoms with van der Waals surface area (Å²) in [5.41, 5.74) is 0. The Bertz CT molecular complexity index is 164. The number of hydrogen-bond acceptors (Lipinski definition) is 4. The summed E-state index contributed by atoms with van der Waals surface area (Å²) in [6.07, 6.45) is 4.32. The van der Waals surface area contributed by atoms with Gasteiger partial charge in [0.1, 0.15) is 0 Å². The van der Waals surface area contributed by atoms with Crippen LogP contribution in [0.3, 0.4) is 0 Å². The Morgan fingerprint density at radius 3 is 2.20 bits per heavy atom. The van der Waals surface area contributed by atoms with Gasteiger partial charge in [0.05, 0.1) is 6.10 Å². The maximum absolute atomic E-state index is 9.42. The first-order valence-corrected chi connectivity index (χ1v) is 6.14. The highest BCUT2D eigenvalue weighted by Gasteiger charge is 2.22. The molecule has 2 aliphatic rings.